The number of pyridine rings is 1. The van der Waals surface area contributed by atoms with E-state index in [0.717, 1.165) is 0 Å². The van der Waals surface area contributed by atoms with E-state index in [9.17, 15) is 34.4 Å². The topological polar surface area (TPSA) is 288 Å². The maximum Gasteiger partial charge on any atom is 0.305 e. The van der Waals surface area contributed by atoms with E-state index in [1.807, 2.05) is 0 Å². The molecule has 1 heterocycles. The van der Waals surface area contributed by atoms with Crippen molar-refractivity contribution in [3.8, 4) is 6.19 Å². The van der Waals surface area contributed by atoms with Crippen LogP contribution in [0.4, 0.5) is 11.4 Å². The third-order valence-electron chi connectivity index (χ3n) is 5.10. The Morgan fingerprint density at radius 3 is 2.43 bits per heavy atom. The molecule has 1 aromatic carbocycles. The van der Waals surface area contributed by atoms with Gasteiger partial charge in [0.05, 0.1) is 24.8 Å². The largest absolute Gasteiger partial charge is 0.481 e. The normalized spacial score (nSPS) is 11.3. The van der Waals surface area contributed by atoms with Gasteiger partial charge in [-0.3, -0.25) is 39.9 Å². The fourth-order valence-electron chi connectivity index (χ4n) is 3.23. The van der Waals surface area contributed by atoms with E-state index in [-0.39, 0.29) is 48.9 Å². The van der Waals surface area contributed by atoms with Gasteiger partial charge >= 0.3 is 5.97 Å². The quantitative estimate of drug-likeness (QED) is 0.0271. The van der Waals surface area contributed by atoms with Crippen molar-refractivity contribution < 1.29 is 34.2 Å². The number of anilines is 2. The number of carbonyl (C=O) groups is 4. The number of hydrogen-bond acceptors (Lipinski definition) is 11. The number of nitrogens with one attached hydrogen (secondary N) is 5. The van der Waals surface area contributed by atoms with Crippen molar-refractivity contribution in [3.63, 3.8) is 0 Å². The molecule has 18 nitrogen and oxygen atoms in total. The number of hydrogen-bond donors (Lipinski definition) is 7. The van der Waals surface area contributed by atoms with Gasteiger partial charge in [0, 0.05) is 35.9 Å². The molecule has 1 atom stereocenters. The Hall–Kier alpha value is -6.12. The van der Waals surface area contributed by atoms with Crippen molar-refractivity contribution in [3.05, 3.63) is 64.0 Å². The number of aromatic nitrogens is 1. The number of carboxylic acid groups (broad SMARTS) is 1. The first-order valence-corrected chi connectivity index (χ1v) is 12.0. The number of benzene rings is 1. The zero-order chi connectivity index (χ0) is 31.1. The first-order chi connectivity index (χ1) is 20.0. The van der Waals surface area contributed by atoms with Gasteiger partial charge in [-0.25, -0.2) is 0 Å². The number of nitrogen functional groups attached to an aromatic ring is 1. The lowest BCUT2D eigenvalue weighted by Gasteiger charge is -2.17. The Morgan fingerprint density at radius 2 is 1.81 bits per heavy atom. The molecule has 0 aliphatic heterocycles. The maximum absolute atomic E-state index is 12.8. The first kappa shape index (κ1) is 32.1. The fourth-order valence-corrected chi connectivity index (χ4v) is 3.23. The lowest BCUT2D eigenvalue weighted by atomic mass is 10.1. The summed E-state index contributed by atoms with van der Waals surface area (Å²) in [5.41, 5.74) is 6.52. The molecule has 0 unspecified atom stereocenters. The van der Waals surface area contributed by atoms with Crippen LogP contribution in [0.2, 0.25) is 0 Å². The molecular weight excluding hydrogens is 556 g/mol. The molecule has 1 aromatic heterocycles. The minimum absolute atomic E-state index is 0.0310. The molecule has 0 saturated heterocycles. The summed E-state index contributed by atoms with van der Waals surface area (Å²) in [6, 6.07) is 5.96. The monoisotopic (exact) mass is 582 g/mol. The Bertz CT molecular complexity index is 1400. The van der Waals surface area contributed by atoms with Gasteiger partial charge in [0.2, 0.25) is 17.7 Å². The molecule has 2 aromatic rings. The number of nitriles is 1. The Kier molecular flexibility index (Phi) is 12.3. The van der Waals surface area contributed by atoms with Gasteiger partial charge in [0.15, 0.2) is 6.19 Å². The number of nitrogens with two attached hydrogens (primary N) is 1. The summed E-state index contributed by atoms with van der Waals surface area (Å²) in [6.45, 7) is -0.557. The number of amidine groups is 2. The average Bonchev–Trinajstić information content (AvgIpc) is 2.93. The standard InChI is InChI=1S/C24H26N10O8/c25-13-30-23(29-7-8-42-34(40)41)15-9-17(12-28-11-15)32-24(39)18(10-21(37)38)33-20(36)6-5-19(35)31-16-3-1-14(2-4-16)22(26)27/h1-4,9,11-12,18H,5-8,10H2,(H3,26,27)(H,29,30)(H,31,35)(H,32,39)(H,33,36)(H,37,38)/t18-/m0/s1. The lowest BCUT2D eigenvalue weighted by Crippen LogP contribution is -2.45. The molecule has 0 fully saturated rings. The zero-order valence-corrected chi connectivity index (χ0v) is 21.8. The van der Waals surface area contributed by atoms with E-state index in [0.29, 0.717) is 11.3 Å². The minimum Gasteiger partial charge on any atom is -0.481 e. The molecule has 18 heteroatoms. The highest BCUT2D eigenvalue weighted by atomic mass is 16.9. The first-order valence-electron chi connectivity index (χ1n) is 12.0. The van der Waals surface area contributed by atoms with Gasteiger partial charge in [0.1, 0.15) is 24.3 Å². The van der Waals surface area contributed by atoms with Gasteiger partial charge in [-0.2, -0.15) is 5.26 Å². The predicted molar refractivity (Wildman–Crippen MR) is 145 cm³/mol. The SMILES string of the molecule is N#CNC(=NCCO[N+](=O)[O-])c1cncc(NC(=O)[C@H](CC(=O)O)NC(=O)CCC(=O)Nc2ccc(C(=N)N)cc2)c1. The number of carbonyl (C=O) groups excluding carboxylic acids is 3. The molecule has 0 saturated carbocycles. The molecule has 0 aliphatic carbocycles. The van der Waals surface area contributed by atoms with E-state index in [2.05, 4.69) is 36.1 Å². The average molecular weight is 583 g/mol. The van der Waals surface area contributed by atoms with Crippen molar-refractivity contribution in [2.45, 2.75) is 25.3 Å². The van der Waals surface area contributed by atoms with Gasteiger partial charge in [-0.1, -0.05) is 0 Å². The number of amides is 3. The van der Waals surface area contributed by atoms with Crippen LogP contribution in [0.3, 0.4) is 0 Å². The number of carboxylic acids is 1. The summed E-state index contributed by atoms with van der Waals surface area (Å²) in [6.07, 6.45) is 2.77. The second-order valence-electron chi connectivity index (χ2n) is 8.23. The molecule has 3 amide bonds. The van der Waals surface area contributed by atoms with Crippen LogP contribution in [0, 0.1) is 27.0 Å². The van der Waals surface area contributed by atoms with Gasteiger partial charge in [-0.15, -0.1) is 10.1 Å². The van der Waals surface area contributed by atoms with Crippen molar-refractivity contribution in [2.75, 3.05) is 23.8 Å². The smallest absolute Gasteiger partial charge is 0.305 e. The van der Waals surface area contributed by atoms with Crippen LogP contribution >= 0.6 is 0 Å². The van der Waals surface area contributed by atoms with Crippen molar-refractivity contribution in [2.24, 2.45) is 10.7 Å². The number of aliphatic imine (C=N–C) groups is 1. The Balaban J connectivity index is 2.00. The van der Waals surface area contributed by atoms with Crippen LogP contribution in [0.15, 0.2) is 47.7 Å². The van der Waals surface area contributed by atoms with Crippen molar-refractivity contribution in [1.82, 2.24) is 15.6 Å². The molecule has 0 aliphatic rings. The molecule has 42 heavy (non-hydrogen) atoms. The molecule has 0 radical (unpaired) electrons. The molecule has 220 valence electrons. The summed E-state index contributed by atoms with van der Waals surface area (Å²) in [7, 11) is 0. The minimum atomic E-state index is -1.51. The molecular formula is C24H26N10O8. The van der Waals surface area contributed by atoms with Crippen LogP contribution in [-0.4, -0.2) is 69.7 Å². The van der Waals surface area contributed by atoms with E-state index in [1.165, 1.54) is 42.7 Å². The second kappa shape index (κ2) is 16.1. The van der Waals surface area contributed by atoms with Crippen molar-refractivity contribution in [1.29, 1.82) is 10.7 Å². The second-order valence-corrected chi connectivity index (χ2v) is 8.23. The summed E-state index contributed by atoms with van der Waals surface area (Å²) >= 11 is 0. The maximum atomic E-state index is 12.8. The van der Waals surface area contributed by atoms with Gasteiger partial charge in [0.25, 0.3) is 5.09 Å². The van der Waals surface area contributed by atoms with Gasteiger partial charge in [-0.05, 0) is 30.3 Å². The summed E-state index contributed by atoms with van der Waals surface area (Å²) < 4.78 is 0. The Morgan fingerprint density at radius 1 is 1.12 bits per heavy atom. The van der Waals surface area contributed by atoms with Crippen LogP contribution < -0.4 is 27.0 Å². The highest BCUT2D eigenvalue weighted by molar-refractivity contribution is 6.03. The summed E-state index contributed by atoms with van der Waals surface area (Å²) in [5, 5.41) is 44.4. The van der Waals surface area contributed by atoms with E-state index in [1.54, 1.807) is 6.19 Å². The van der Waals surface area contributed by atoms with Gasteiger partial charge < -0.3 is 31.6 Å². The van der Waals surface area contributed by atoms with Crippen LogP contribution in [0.25, 0.3) is 0 Å². The lowest BCUT2D eigenvalue weighted by molar-refractivity contribution is -0.757. The predicted octanol–water partition coefficient (Wildman–Crippen LogP) is -0.292. The number of rotatable bonds is 15. The van der Waals surface area contributed by atoms with Crippen LogP contribution in [0.5, 0.6) is 0 Å². The highest BCUT2D eigenvalue weighted by Gasteiger charge is 2.24. The zero-order valence-electron chi connectivity index (χ0n) is 21.8. The third kappa shape index (κ3) is 11.3. The van der Waals surface area contributed by atoms with Crippen molar-refractivity contribution >= 4 is 46.7 Å². The molecule has 2 rings (SSSR count). The molecule has 8 N–H and O–H groups in total. The highest BCUT2D eigenvalue weighted by Crippen LogP contribution is 2.12. The Labute approximate surface area is 237 Å². The fraction of sp³-hybridized carbons (Fsp3) is 0.250. The third-order valence-corrected chi connectivity index (χ3v) is 5.10. The molecule has 0 bridgehead atoms. The summed E-state index contributed by atoms with van der Waals surface area (Å²) in [5.74, 6) is -3.71. The number of nitrogens with zero attached hydrogens (tertiary/aromatic N) is 4. The van der Waals surface area contributed by atoms with E-state index >= 15 is 0 Å². The number of aliphatic carboxylic acids is 1. The molecule has 0 spiro atoms. The van der Waals surface area contributed by atoms with Crippen LogP contribution in [0.1, 0.15) is 30.4 Å². The van der Waals surface area contributed by atoms with E-state index in [4.69, 9.17) is 16.4 Å². The van der Waals surface area contributed by atoms with Crippen LogP contribution in [-0.2, 0) is 24.0 Å². The van der Waals surface area contributed by atoms with E-state index < -0.39 is 41.2 Å². The summed E-state index contributed by atoms with van der Waals surface area (Å²) in [4.78, 5) is 71.1.